The van der Waals surface area contributed by atoms with E-state index in [4.69, 9.17) is 0 Å². The van der Waals surface area contributed by atoms with Crippen LogP contribution in [0.15, 0.2) is 232 Å². The van der Waals surface area contributed by atoms with Gasteiger partial charge in [-0.3, -0.25) is 29.9 Å². The molecular weight excluding hydrogens is 1410 g/mol. The molecule has 6 aromatic carbocycles. The maximum atomic E-state index is 4.17. The number of aryl methyl sites for hydroxylation is 20. The molecule has 8 aromatic heterocycles. The van der Waals surface area contributed by atoms with E-state index in [9.17, 15) is 0 Å². The topological polar surface area (TPSA) is 129 Å². The second-order valence-electron chi connectivity index (χ2n) is 24.4. The lowest BCUT2D eigenvalue weighted by molar-refractivity contribution is 1.03. The third-order valence-electron chi connectivity index (χ3n) is 14.7. The summed E-state index contributed by atoms with van der Waals surface area (Å²) in [5.74, 6) is 1.66. The van der Waals surface area contributed by atoms with E-state index in [1.165, 1.54) is 98.7 Å². The first-order valence-electron chi connectivity index (χ1n) is 42.5. The van der Waals surface area contributed by atoms with Crippen LogP contribution in [0.2, 0.25) is 0 Å². The minimum Gasteiger partial charge on any atom is -0.264 e. The number of nitrogens with zero attached hydrogens (tertiary/aromatic N) is 10. The molecule has 0 unspecified atom stereocenters. The van der Waals surface area contributed by atoms with Gasteiger partial charge in [0.05, 0.1) is 0 Å². The van der Waals surface area contributed by atoms with Gasteiger partial charge in [-0.15, -0.1) is 0 Å². The van der Waals surface area contributed by atoms with Gasteiger partial charge in [0.1, 0.15) is 11.6 Å². The van der Waals surface area contributed by atoms with Crippen molar-refractivity contribution in [3.8, 4) is 0 Å². The highest BCUT2D eigenvalue weighted by Gasteiger charge is 2.07. The molecule has 0 aliphatic rings. The van der Waals surface area contributed by atoms with Gasteiger partial charge >= 0.3 is 0 Å². The van der Waals surface area contributed by atoms with Gasteiger partial charge in [-0.25, -0.2) is 19.9 Å². The lowest BCUT2D eigenvalue weighted by Gasteiger charge is -2.11. The molecule has 0 saturated heterocycles. The van der Waals surface area contributed by atoms with E-state index < -0.39 is 0 Å². The highest BCUT2D eigenvalue weighted by molar-refractivity contribution is 6.05. The molecule has 0 saturated carbocycles. The van der Waals surface area contributed by atoms with Crippen molar-refractivity contribution >= 4 is 43.1 Å². The molecule has 10 nitrogen and oxygen atoms in total. The van der Waals surface area contributed by atoms with Crippen molar-refractivity contribution in [3.63, 3.8) is 0 Å². The SMILES string of the molecule is CC.CC.CC.CC.CC.CC.CC.CC.CC.CC.Cc1c2ccccc2c(C)c2ccccc12.Cc1ccc(C)nc1.Cc1ccc(C)nc1.Cc1ccc2cc3cc(C)ccc3cc2c1.Cc1cccc(C)n1.Cc1ccnc(C)c1.Cc1ccnc(C)c1.Cc1cnc(C)nc1.Cc1cnc(C)nc1.Cc1cncc(C)c1. The Morgan fingerprint density at radius 1 is 0.172 bits per heavy atom. The predicted octanol–water partition coefficient (Wildman–Crippen LogP) is 31.9. The molecule has 116 heavy (non-hydrogen) atoms. The average Bonchev–Trinajstić information content (AvgIpc) is 0.768. The Hall–Kier alpha value is -10.6. The van der Waals surface area contributed by atoms with Crippen LogP contribution < -0.4 is 0 Å². The summed E-state index contributed by atoms with van der Waals surface area (Å²) in [6.45, 7) is 80.6. The van der Waals surface area contributed by atoms with E-state index in [1.807, 2.05) is 340 Å². The fraction of sp³-hybridized carbons (Fsp3) is 0.377. The Kier molecular flexibility index (Phi) is 75.9. The van der Waals surface area contributed by atoms with Crippen molar-refractivity contribution in [1.82, 2.24) is 49.8 Å². The van der Waals surface area contributed by atoms with Crippen molar-refractivity contribution in [2.24, 2.45) is 0 Å². The molecule has 14 aromatic rings. The molecule has 0 spiro atoms. The number of hydrogen-bond donors (Lipinski definition) is 0. The Bertz CT molecular complexity index is 3950. The maximum absolute atomic E-state index is 4.17. The van der Waals surface area contributed by atoms with Crippen LogP contribution >= 0.6 is 0 Å². The summed E-state index contributed by atoms with van der Waals surface area (Å²) >= 11 is 0. The second-order valence-corrected chi connectivity index (χ2v) is 24.4. The maximum Gasteiger partial charge on any atom is 0.125 e. The first-order valence-corrected chi connectivity index (χ1v) is 42.5. The normalized spacial score (nSPS) is 8.69. The lowest BCUT2D eigenvalue weighted by atomic mass is 9.93. The fourth-order valence-corrected chi connectivity index (χ4v) is 9.56. The number of hydrogen-bond acceptors (Lipinski definition) is 10. The van der Waals surface area contributed by atoms with Crippen molar-refractivity contribution in [3.05, 3.63) is 344 Å². The van der Waals surface area contributed by atoms with Gasteiger partial charge in [0.15, 0.2) is 0 Å². The van der Waals surface area contributed by atoms with Gasteiger partial charge in [-0.1, -0.05) is 259 Å². The minimum atomic E-state index is 0.829. The fourth-order valence-electron chi connectivity index (χ4n) is 9.56. The molecule has 14 rings (SSSR count). The number of benzene rings is 6. The number of rotatable bonds is 0. The molecule has 0 aliphatic heterocycles. The molecule has 0 fully saturated rings. The largest absolute Gasteiger partial charge is 0.264 e. The standard InChI is InChI=1S/2C16H14.6C7H9N.2C6H8N2.10C2H6/c1-11-3-5-13-10-16-8-12(2)4-6-14(16)9-15(13)7-11;1-11-13-7-3-5-9-15(13)12(2)16-10-6-4-8-14(11)16;1-6-3-7(2)5-8-4-6;2*1-6-3-4-8-7(2)5-6;2*1-6-3-4-7(2)8-5-6;1-6-4-3-5-7(2)8-6;2*1-5-3-7-6(2)8-4-5;10*1-2/h2*3-10H,1-2H3;6*3-5H,1-2H3;2*3-4H,1-2H3;10*1-2H3. The molecule has 0 atom stereocenters. The summed E-state index contributed by atoms with van der Waals surface area (Å²) < 4.78 is 0. The van der Waals surface area contributed by atoms with Crippen LogP contribution in [0.5, 0.6) is 0 Å². The van der Waals surface area contributed by atoms with E-state index in [0.717, 1.165) is 56.9 Å². The van der Waals surface area contributed by atoms with Crippen molar-refractivity contribution in [2.45, 2.75) is 277 Å². The molecule has 0 amide bonds. The van der Waals surface area contributed by atoms with Crippen LogP contribution in [0, 0.1) is 138 Å². The van der Waals surface area contributed by atoms with E-state index in [-0.39, 0.29) is 0 Å². The molecular formula is C106H158N10. The van der Waals surface area contributed by atoms with Gasteiger partial charge < -0.3 is 0 Å². The second kappa shape index (κ2) is 75.8. The van der Waals surface area contributed by atoms with Crippen LogP contribution in [0.25, 0.3) is 43.1 Å². The van der Waals surface area contributed by atoms with Gasteiger partial charge in [-0.05, 0) is 298 Å². The van der Waals surface area contributed by atoms with Gasteiger partial charge in [-0.2, -0.15) is 0 Å². The zero-order chi connectivity index (χ0) is 90.1. The number of aromatic nitrogens is 10. The zero-order valence-electron chi connectivity index (χ0n) is 80.4. The summed E-state index contributed by atoms with van der Waals surface area (Å²) in [5.41, 5.74) is 21.6. The first kappa shape index (κ1) is 116. The summed E-state index contributed by atoms with van der Waals surface area (Å²) in [6, 6.07) is 59.4. The minimum absolute atomic E-state index is 0.829. The van der Waals surface area contributed by atoms with E-state index in [1.54, 1.807) is 0 Å². The van der Waals surface area contributed by atoms with Crippen LogP contribution in [0.4, 0.5) is 0 Å². The van der Waals surface area contributed by atoms with E-state index in [2.05, 4.69) is 219 Å². The quantitative estimate of drug-likeness (QED) is 0.135. The highest BCUT2D eigenvalue weighted by Crippen LogP contribution is 2.31. The predicted molar refractivity (Wildman–Crippen MR) is 521 cm³/mol. The van der Waals surface area contributed by atoms with E-state index >= 15 is 0 Å². The Morgan fingerprint density at radius 2 is 0.448 bits per heavy atom. The molecule has 10 heteroatoms. The van der Waals surface area contributed by atoms with Crippen molar-refractivity contribution in [1.29, 1.82) is 0 Å². The summed E-state index contributed by atoms with van der Waals surface area (Å²) in [6.07, 6.45) is 18.3. The van der Waals surface area contributed by atoms with Crippen LogP contribution in [0.1, 0.15) is 251 Å². The molecule has 0 bridgehead atoms. The van der Waals surface area contributed by atoms with Crippen LogP contribution in [0.3, 0.4) is 0 Å². The molecule has 8 heterocycles. The molecule has 0 aliphatic carbocycles. The summed E-state index contributed by atoms with van der Waals surface area (Å²) in [5, 5.41) is 10.8. The first-order chi connectivity index (χ1) is 55.8. The highest BCUT2D eigenvalue weighted by atomic mass is 14.8. The number of fused-ring (bicyclic) bond motifs is 4. The molecule has 0 radical (unpaired) electrons. The zero-order valence-corrected chi connectivity index (χ0v) is 80.4. The Morgan fingerprint density at radius 3 is 0.655 bits per heavy atom. The summed E-state index contributed by atoms with van der Waals surface area (Å²) in [7, 11) is 0. The summed E-state index contributed by atoms with van der Waals surface area (Å²) in [4.78, 5) is 40.3. The lowest BCUT2D eigenvalue weighted by Crippen LogP contribution is -1.87. The van der Waals surface area contributed by atoms with Crippen molar-refractivity contribution in [2.75, 3.05) is 0 Å². The van der Waals surface area contributed by atoms with Crippen LogP contribution in [-0.4, -0.2) is 49.8 Å². The molecule has 632 valence electrons. The van der Waals surface area contributed by atoms with Gasteiger partial charge in [0.25, 0.3) is 0 Å². The average molecular weight is 1570 g/mol. The third-order valence-corrected chi connectivity index (χ3v) is 14.7. The van der Waals surface area contributed by atoms with Gasteiger partial charge in [0, 0.05) is 96.1 Å². The van der Waals surface area contributed by atoms with Crippen LogP contribution in [-0.2, 0) is 0 Å². The smallest absolute Gasteiger partial charge is 0.125 e. The molecule has 0 N–H and O–H groups in total. The van der Waals surface area contributed by atoms with Crippen molar-refractivity contribution < 1.29 is 0 Å². The Balaban J connectivity index is -0.000000286. The Labute approximate surface area is 710 Å². The van der Waals surface area contributed by atoms with Gasteiger partial charge in [0.2, 0.25) is 0 Å². The number of pyridine rings is 6. The third kappa shape index (κ3) is 54.2. The van der Waals surface area contributed by atoms with E-state index in [0.29, 0.717) is 0 Å². The monoisotopic (exact) mass is 1570 g/mol.